The molecule has 2 aromatic rings. The van der Waals surface area contributed by atoms with Crippen molar-refractivity contribution in [3.8, 4) is 5.75 Å². The Balaban J connectivity index is 2.10. The summed E-state index contributed by atoms with van der Waals surface area (Å²) in [6.45, 7) is 6.01. The molecule has 0 aliphatic carbocycles. The maximum Gasteiger partial charge on any atom is 0.261 e. The lowest BCUT2D eigenvalue weighted by Crippen LogP contribution is -2.42. The lowest BCUT2D eigenvalue weighted by molar-refractivity contribution is -0.128. The molecule has 2 rings (SSSR count). The lowest BCUT2D eigenvalue weighted by Gasteiger charge is -2.20. The highest BCUT2D eigenvalue weighted by Gasteiger charge is 2.19. The number of fused-ring (bicyclic) bond motifs is 1. The number of carbonyl (C=O) groups excluding carboxylic acids is 1. The molecular weight excluding hydrogens is 262 g/mol. The van der Waals surface area contributed by atoms with Crippen LogP contribution in [-0.2, 0) is 4.79 Å². The standard InChI is InChI=1S/C18H23NO2/c1-4-13(3)19-18(20)17(5-2)21-16-11-10-14-8-6-7-9-15(14)12-16/h6-13,17H,4-5H2,1-3H3,(H,19,20)/t13-,17-/m1/s1. The van der Waals surface area contributed by atoms with Crippen LogP contribution in [0, 0.1) is 0 Å². The van der Waals surface area contributed by atoms with Gasteiger partial charge in [0.05, 0.1) is 0 Å². The molecule has 0 aliphatic rings. The van der Waals surface area contributed by atoms with Crippen molar-refractivity contribution in [1.82, 2.24) is 5.32 Å². The molecule has 0 saturated heterocycles. The summed E-state index contributed by atoms with van der Waals surface area (Å²) in [6.07, 6.45) is 1.12. The number of hydrogen-bond donors (Lipinski definition) is 1. The second-order valence-corrected chi connectivity index (χ2v) is 5.34. The van der Waals surface area contributed by atoms with E-state index < -0.39 is 6.10 Å². The summed E-state index contributed by atoms with van der Waals surface area (Å²) < 4.78 is 5.87. The van der Waals surface area contributed by atoms with E-state index in [4.69, 9.17) is 4.74 Å². The maximum atomic E-state index is 12.2. The number of rotatable bonds is 6. The molecule has 0 aromatic heterocycles. The molecule has 21 heavy (non-hydrogen) atoms. The van der Waals surface area contributed by atoms with Crippen LogP contribution in [-0.4, -0.2) is 18.1 Å². The second-order valence-electron chi connectivity index (χ2n) is 5.34. The SMILES string of the molecule is CC[C@@H](C)NC(=O)[C@@H](CC)Oc1ccc2ccccc2c1. The first-order valence-corrected chi connectivity index (χ1v) is 7.59. The van der Waals surface area contributed by atoms with E-state index in [-0.39, 0.29) is 11.9 Å². The number of ether oxygens (including phenoxy) is 1. The summed E-state index contributed by atoms with van der Waals surface area (Å²) in [5.74, 6) is 0.694. The molecule has 0 heterocycles. The van der Waals surface area contributed by atoms with Gasteiger partial charge in [-0.2, -0.15) is 0 Å². The number of hydrogen-bond acceptors (Lipinski definition) is 2. The Hall–Kier alpha value is -2.03. The van der Waals surface area contributed by atoms with Crippen LogP contribution in [0.1, 0.15) is 33.6 Å². The van der Waals surface area contributed by atoms with Crippen molar-refractivity contribution in [2.24, 2.45) is 0 Å². The zero-order chi connectivity index (χ0) is 15.2. The van der Waals surface area contributed by atoms with Gasteiger partial charge in [0.1, 0.15) is 5.75 Å². The molecule has 0 unspecified atom stereocenters. The van der Waals surface area contributed by atoms with E-state index in [9.17, 15) is 4.79 Å². The van der Waals surface area contributed by atoms with Crippen molar-refractivity contribution < 1.29 is 9.53 Å². The zero-order valence-corrected chi connectivity index (χ0v) is 12.9. The zero-order valence-electron chi connectivity index (χ0n) is 12.9. The van der Waals surface area contributed by atoms with Crippen LogP contribution < -0.4 is 10.1 Å². The highest BCUT2D eigenvalue weighted by Crippen LogP contribution is 2.22. The summed E-state index contributed by atoms with van der Waals surface area (Å²) in [4.78, 5) is 12.2. The molecule has 0 bridgehead atoms. The van der Waals surface area contributed by atoms with Gasteiger partial charge >= 0.3 is 0 Å². The Bertz CT molecular complexity index is 609. The largest absolute Gasteiger partial charge is 0.481 e. The molecule has 0 spiro atoms. The fourth-order valence-corrected chi connectivity index (χ4v) is 2.17. The van der Waals surface area contributed by atoms with Crippen molar-refractivity contribution in [2.75, 3.05) is 0 Å². The van der Waals surface area contributed by atoms with Crippen LogP contribution in [0.2, 0.25) is 0 Å². The third kappa shape index (κ3) is 3.97. The van der Waals surface area contributed by atoms with E-state index in [0.717, 1.165) is 17.6 Å². The minimum Gasteiger partial charge on any atom is -0.481 e. The Morgan fingerprint density at radius 2 is 1.81 bits per heavy atom. The van der Waals surface area contributed by atoms with Gasteiger partial charge in [-0.05, 0) is 42.7 Å². The monoisotopic (exact) mass is 285 g/mol. The fourth-order valence-electron chi connectivity index (χ4n) is 2.17. The first-order valence-electron chi connectivity index (χ1n) is 7.59. The minimum atomic E-state index is -0.444. The molecule has 1 N–H and O–H groups in total. The first-order chi connectivity index (χ1) is 10.1. The second kappa shape index (κ2) is 7.11. The quantitative estimate of drug-likeness (QED) is 0.873. The molecule has 0 saturated carbocycles. The van der Waals surface area contributed by atoms with E-state index in [0.29, 0.717) is 6.42 Å². The molecule has 3 heteroatoms. The van der Waals surface area contributed by atoms with Gasteiger partial charge in [0, 0.05) is 6.04 Å². The van der Waals surface area contributed by atoms with Crippen molar-refractivity contribution in [2.45, 2.75) is 45.8 Å². The smallest absolute Gasteiger partial charge is 0.261 e. The predicted molar refractivity (Wildman–Crippen MR) is 86.6 cm³/mol. The van der Waals surface area contributed by atoms with E-state index in [2.05, 4.69) is 18.3 Å². The Kier molecular flexibility index (Phi) is 5.20. The van der Waals surface area contributed by atoms with E-state index >= 15 is 0 Å². The number of nitrogens with one attached hydrogen (secondary N) is 1. The van der Waals surface area contributed by atoms with Gasteiger partial charge in [0.25, 0.3) is 5.91 Å². The minimum absolute atomic E-state index is 0.0417. The van der Waals surface area contributed by atoms with Crippen LogP contribution in [0.5, 0.6) is 5.75 Å². The lowest BCUT2D eigenvalue weighted by atomic mass is 10.1. The van der Waals surface area contributed by atoms with Gasteiger partial charge in [0.2, 0.25) is 0 Å². The molecule has 0 aliphatic heterocycles. The molecule has 112 valence electrons. The van der Waals surface area contributed by atoms with Gasteiger partial charge < -0.3 is 10.1 Å². The van der Waals surface area contributed by atoms with Crippen LogP contribution in [0.25, 0.3) is 10.8 Å². The third-order valence-corrected chi connectivity index (χ3v) is 3.66. The molecule has 0 radical (unpaired) electrons. The molecular formula is C18H23NO2. The van der Waals surface area contributed by atoms with Crippen molar-refractivity contribution in [3.63, 3.8) is 0 Å². The number of carbonyl (C=O) groups is 1. The van der Waals surface area contributed by atoms with Crippen molar-refractivity contribution in [3.05, 3.63) is 42.5 Å². The van der Waals surface area contributed by atoms with Gasteiger partial charge in [-0.25, -0.2) is 0 Å². The summed E-state index contributed by atoms with van der Waals surface area (Å²) in [5, 5.41) is 5.26. The average molecular weight is 285 g/mol. The van der Waals surface area contributed by atoms with Gasteiger partial charge in [-0.15, -0.1) is 0 Å². The van der Waals surface area contributed by atoms with Gasteiger partial charge in [0.15, 0.2) is 6.10 Å². The number of benzene rings is 2. The van der Waals surface area contributed by atoms with Gasteiger partial charge in [-0.1, -0.05) is 44.2 Å². The van der Waals surface area contributed by atoms with Crippen molar-refractivity contribution in [1.29, 1.82) is 0 Å². The summed E-state index contributed by atoms with van der Waals surface area (Å²) in [7, 11) is 0. The Morgan fingerprint density at radius 1 is 1.10 bits per heavy atom. The summed E-state index contributed by atoms with van der Waals surface area (Å²) >= 11 is 0. The molecule has 2 aromatic carbocycles. The van der Waals surface area contributed by atoms with Crippen LogP contribution in [0.4, 0.5) is 0 Å². The molecule has 3 nitrogen and oxygen atoms in total. The van der Waals surface area contributed by atoms with E-state index in [1.807, 2.05) is 50.2 Å². The van der Waals surface area contributed by atoms with Crippen LogP contribution in [0.15, 0.2) is 42.5 Å². The number of amides is 1. The van der Waals surface area contributed by atoms with E-state index in [1.54, 1.807) is 0 Å². The van der Waals surface area contributed by atoms with E-state index in [1.165, 1.54) is 5.39 Å². The first kappa shape index (κ1) is 15.4. The maximum absolute atomic E-state index is 12.2. The van der Waals surface area contributed by atoms with Gasteiger partial charge in [-0.3, -0.25) is 4.79 Å². The highest BCUT2D eigenvalue weighted by molar-refractivity contribution is 5.84. The van der Waals surface area contributed by atoms with Crippen LogP contribution in [0.3, 0.4) is 0 Å². The Morgan fingerprint density at radius 3 is 2.48 bits per heavy atom. The topological polar surface area (TPSA) is 38.3 Å². The Labute approximate surface area is 126 Å². The summed E-state index contributed by atoms with van der Waals surface area (Å²) in [6, 6.07) is 14.2. The molecule has 1 amide bonds. The molecule has 2 atom stereocenters. The normalized spacial score (nSPS) is 13.7. The average Bonchev–Trinajstić information content (AvgIpc) is 2.52. The third-order valence-electron chi connectivity index (χ3n) is 3.66. The fraction of sp³-hybridized carbons (Fsp3) is 0.389. The predicted octanol–water partition coefficient (Wildman–Crippen LogP) is 3.91. The molecule has 0 fully saturated rings. The van der Waals surface area contributed by atoms with Crippen molar-refractivity contribution >= 4 is 16.7 Å². The highest BCUT2D eigenvalue weighted by atomic mass is 16.5. The summed E-state index contributed by atoms with van der Waals surface area (Å²) in [5.41, 5.74) is 0. The van der Waals surface area contributed by atoms with Crippen LogP contribution >= 0.6 is 0 Å².